The topological polar surface area (TPSA) is 29.9 Å². The van der Waals surface area contributed by atoms with Crippen LogP contribution in [0.2, 0.25) is 15.1 Å². The standard InChI is InChI=1S/C21H20Cl3N3/c1-13-17(23)6-4-7-20(13)27-21-16(5-2-3-10-25-21)19(26-27)11-14-8-9-15(22)12-18(14)24/h4,6-9,12,25H,2-3,5,10-11H2,1H3. The fourth-order valence-corrected chi connectivity index (χ4v) is 4.21. The number of hydrogen-bond acceptors (Lipinski definition) is 2. The Hall–Kier alpha value is -1.68. The number of aromatic nitrogens is 2. The first-order valence-corrected chi connectivity index (χ1v) is 10.2. The molecule has 2 aromatic carbocycles. The summed E-state index contributed by atoms with van der Waals surface area (Å²) in [6.07, 6.45) is 3.96. The van der Waals surface area contributed by atoms with Crippen LogP contribution in [0.15, 0.2) is 36.4 Å². The Bertz CT molecular complexity index is 995. The van der Waals surface area contributed by atoms with Crippen LogP contribution in [-0.2, 0) is 12.8 Å². The van der Waals surface area contributed by atoms with Crippen molar-refractivity contribution in [1.29, 1.82) is 0 Å². The van der Waals surface area contributed by atoms with Crippen LogP contribution in [0.3, 0.4) is 0 Å². The van der Waals surface area contributed by atoms with Gasteiger partial charge in [0.1, 0.15) is 5.82 Å². The third-order valence-corrected chi connectivity index (χ3v) is 6.05. The van der Waals surface area contributed by atoms with Gasteiger partial charge in [-0.25, -0.2) is 4.68 Å². The van der Waals surface area contributed by atoms with E-state index in [2.05, 4.69) is 11.4 Å². The smallest absolute Gasteiger partial charge is 0.133 e. The zero-order chi connectivity index (χ0) is 19.0. The minimum absolute atomic E-state index is 0.643. The van der Waals surface area contributed by atoms with E-state index in [1.807, 2.05) is 35.9 Å². The molecule has 3 nitrogen and oxygen atoms in total. The van der Waals surface area contributed by atoms with Crippen LogP contribution in [0.4, 0.5) is 5.82 Å². The summed E-state index contributed by atoms with van der Waals surface area (Å²) in [4.78, 5) is 0. The molecule has 0 radical (unpaired) electrons. The quantitative estimate of drug-likeness (QED) is 0.525. The molecule has 0 atom stereocenters. The molecule has 1 N–H and O–H groups in total. The number of fused-ring (bicyclic) bond motifs is 1. The largest absolute Gasteiger partial charge is 0.370 e. The minimum Gasteiger partial charge on any atom is -0.370 e. The highest BCUT2D eigenvalue weighted by Crippen LogP contribution is 2.33. The molecule has 0 saturated heterocycles. The third-order valence-electron chi connectivity index (χ3n) is 5.05. The number of rotatable bonds is 3. The molecule has 0 amide bonds. The lowest BCUT2D eigenvalue weighted by molar-refractivity contribution is 0.767. The Morgan fingerprint density at radius 1 is 1.07 bits per heavy atom. The second-order valence-corrected chi connectivity index (χ2v) is 8.12. The molecule has 0 saturated carbocycles. The van der Waals surface area contributed by atoms with Crippen LogP contribution in [0.1, 0.15) is 35.2 Å². The van der Waals surface area contributed by atoms with Crippen molar-refractivity contribution < 1.29 is 0 Å². The van der Waals surface area contributed by atoms with Gasteiger partial charge in [0.15, 0.2) is 0 Å². The van der Waals surface area contributed by atoms with Crippen LogP contribution < -0.4 is 5.32 Å². The monoisotopic (exact) mass is 419 g/mol. The molecular weight excluding hydrogens is 401 g/mol. The normalized spacial score (nSPS) is 13.8. The molecule has 140 valence electrons. The van der Waals surface area contributed by atoms with Crippen LogP contribution in [0, 0.1) is 6.92 Å². The molecule has 1 aliphatic heterocycles. The molecule has 4 rings (SSSR count). The lowest BCUT2D eigenvalue weighted by Gasteiger charge is -2.12. The van der Waals surface area contributed by atoms with E-state index in [1.165, 1.54) is 5.56 Å². The maximum atomic E-state index is 6.41. The molecule has 0 aliphatic carbocycles. The van der Waals surface area contributed by atoms with Gasteiger partial charge in [-0.15, -0.1) is 0 Å². The summed E-state index contributed by atoms with van der Waals surface area (Å²) in [6, 6.07) is 11.6. The summed E-state index contributed by atoms with van der Waals surface area (Å²) in [7, 11) is 0. The predicted octanol–water partition coefficient (Wildman–Crippen LogP) is 6.48. The average molecular weight is 421 g/mol. The first kappa shape index (κ1) is 18.7. The molecule has 1 aliphatic rings. The second-order valence-electron chi connectivity index (χ2n) is 6.87. The summed E-state index contributed by atoms with van der Waals surface area (Å²) in [5.41, 5.74) is 5.36. The van der Waals surface area contributed by atoms with E-state index >= 15 is 0 Å². The average Bonchev–Trinajstić information content (AvgIpc) is 2.81. The van der Waals surface area contributed by atoms with Crippen molar-refractivity contribution in [2.45, 2.75) is 32.6 Å². The first-order chi connectivity index (χ1) is 13.0. The predicted molar refractivity (Wildman–Crippen MR) is 114 cm³/mol. The van der Waals surface area contributed by atoms with Crippen LogP contribution in [-0.4, -0.2) is 16.3 Å². The Kier molecular flexibility index (Phi) is 5.36. The second kappa shape index (κ2) is 7.75. The number of halogens is 3. The van der Waals surface area contributed by atoms with Crippen LogP contribution in [0.25, 0.3) is 5.69 Å². The van der Waals surface area contributed by atoms with Gasteiger partial charge in [-0.05, 0) is 61.6 Å². The maximum absolute atomic E-state index is 6.41. The first-order valence-electron chi connectivity index (χ1n) is 9.08. The van der Waals surface area contributed by atoms with Crippen molar-refractivity contribution >= 4 is 40.6 Å². The summed E-state index contributed by atoms with van der Waals surface area (Å²) in [6.45, 7) is 2.97. The molecule has 0 fully saturated rings. The van der Waals surface area contributed by atoms with Gasteiger partial charge >= 0.3 is 0 Å². The third kappa shape index (κ3) is 3.69. The Balaban J connectivity index is 1.83. The van der Waals surface area contributed by atoms with E-state index in [9.17, 15) is 0 Å². The van der Waals surface area contributed by atoms with Gasteiger partial charge in [-0.2, -0.15) is 5.10 Å². The molecule has 2 heterocycles. The molecule has 0 spiro atoms. The van der Waals surface area contributed by atoms with E-state index in [0.29, 0.717) is 16.5 Å². The van der Waals surface area contributed by atoms with Gasteiger partial charge in [0.25, 0.3) is 0 Å². The lowest BCUT2D eigenvalue weighted by atomic mass is 10.0. The summed E-state index contributed by atoms with van der Waals surface area (Å²) < 4.78 is 2.00. The highest BCUT2D eigenvalue weighted by molar-refractivity contribution is 6.35. The SMILES string of the molecule is Cc1c(Cl)cccc1-n1nc(Cc2ccc(Cl)cc2Cl)c2c1NCCCC2. The molecular formula is C21H20Cl3N3. The van der Waals surface area contributed by atoms with Crippen molar-refractivity contribution in [3.63, 3.8) is 0 Å². The Morgan fingerprint density at radius 2 is 1.93 bits per heavy atom. The molecule has 1 aromatic heterocycles. The molecule has 6 heteroatoms. The fraction of sp³-hybridized carbons (Fsp3) is 0.286. The van der Waals surface area contributed by atoms with E-state index in [1.54, 1.807) is 6.07 Å². The van der Waals surface area contributed by atoms with E-state index in [4.69, 9.17) is 39.9 Å². The van der Waals surface area contributed by atoms with Crippen molar-refractivity contribution in [3.05, 3.63) is 73.9 Å². The van der Waals surface area contributed by atoms with Gasteiger partial charge in [0, 0.05) is 33.6 Å². The highest BCUT2D eigenvalue weighted by atomic mass is 35.5. The van der Waals surface area contributed by atoms with Crippen molar-refractivity contribution in [3.8, 4) is 5.69 Å². The van der Waals surface area contributed by atoms with E-state index in [0.717, 1.165) is 59.2 Å². The zero-order valence-corrected chi connectivity index (χ0v) is 17.3. The number of hydrogen-bond donors (Lipinski definition) is 1. The highest BCUT2D eigenvalue weighted by Gasteiger charge is 2.22. The van der Waals surface area contributed by atoms with Crippen LogP contribution >= 0.6 is 34.8 Å². The summed E-state index contributed by atoms with van der Waals surface area (Å²) in [5.74, 6) is 1.07. The fourth-order valence-electron chi connectivity index (χ4n) is 3.56. The number of anilines is 1. The lowest BCUT2D eigenvalue weighted by Crippen LogP contribution is -2.08. The van der Waals surface area contributed by atoms with Gasteiger partial charge < -0.3 is 5.32 Å². The van der Waals surface area contributed by atoms with Crippen molar-refractivity contribution in [2.24, 2.45) is 0 Å². The molecule has 27 heavy (non-hydrogen) atoms. The Morgan fingerprint density at radius 3 is 2.74 bits per heavy atom. The van der Waals surface area contributed by atoms with Crippen LogP contribution in [0.5, 0.6) is 0 Å². The zero-order valence-electron chi connectivity index (χ0n) is 15.0. The Labute approximate surface area is 174 Å². The van der Waals surface area contributed by atoms with Crippen molar-refractivity contribution in [1.82, 2.24) is 9.78 Å². The summed E-state index contributed by atoms with van der Waals surface area (Å²) >= 11 is 18.8. The number of nitrogens with one attached hydrogen (secondary N) is 1. The number of benzene rings is 2. The van der Waals surface area contributed by atoms with Gasteiger partial charge in [0.05, 0.1) is 11.4 Å². The number of nitrogens with zero attached hydrogens (tertiary/aromatic N) is 2. The molecule has 0 unspecified atom stereocenters. The molecule has 3 aromatic rings. The van der Waals surface area contributed by atoms with Gasteiger partial charge in [-0.1, -0.05) is 46.9 Å². The minimum atomic E-state index is 0.643. The van der Waals surface area contributed by atoms with E-state index < -0.39 is 0 Å². The van der Waals surface area contributed by atoms with Gasteiger partial charge in [-0.3, -0.25) is 0 Å². The van der Waals surface area contributed by atoms with Crippen molar-refractivity contribution in [2.75, 3.05) is 11.9 Å². The van der Waals surface area contributed by atoms with Gasteiger partial charge in [0.2, 0.25) is 0 Å². The summed E-state index contributed by atoms with van der Waals surface area (Å²) in [5, 5.41) is 10.6. The molecule has 0 bridgehead atoms. The maximum Gasteiger partial charge on any atom is 0.133 e. The van der Waals surface area contributed by atoms with E-state index in [-0.39, 0.29) is 0 Å².